The van der Waals surface area contributed by atoms with Crippen molar-refractivity contribution in [1.82, 2.24) is 15.0 Å². The predicted octanol–water partition coefficient (Wildman–Crippen LogP) is 4.10. The van der Waals surface area contributed by atoms with Gasteiger partial charge in [0.2, 0.25) is 16.9 Å². The third-order valence-electron chi connectivity index (χ3n) is 8.90. The molecule has 0 aliphatic rings. The fourth-order valence-electron chi connectivity index (χ4n) is 5.90. The quantitative estimate of drug-likeness (QED) is 0.0153. The molecule has 1 aromatic heterocycles. The number of nitrogens with one attached hydrogen (secondary N) is 4. The summed E-state index contributed by atoms with van der Waals surface area (Å²) < 4.78 is 196. The number of anilines is 4. The molecule has 0 atom stereocenters. The molecule has 0 saturated carbocycles. The van der Waals surface area contributed by atoms with Crippen LogP contribution < -0.4 is 22.0 Å². The normalized spacial score (nSPS) is 13.1. The minimum atomic E-state index is -5.28. The van der Waals surface area contributed by atoms with E-state index in [9.17, 15) is 73.8 Å². The minimum absolute atomic E-state index is 0. The number of rotatable bonds is 17. The third kappa shape index (κ3) is 15.3. The predicted molar refractivity (Wildman–Crippen MR) is 254 cm³/mol. The fraction of sp³-hybridized carbons (Fsp3) is 0.0588. The number of aromatic amines is 1. The van der Waals surface area contributed by atoms with Crippen LogP contribution in [0.4, 0.5) is 51.4 Å². The molecule has 1 radical (unpaired) electrons. The summed E-state index contributed by atoms with van der Waals surface area (Å²) >= 11 is 6.19. The van der Waals surface area contributed by atoms with Crippen LogP contribution in [0.1, 0.15) is 0 Å². The molecule has 383 valence electrons. The van der Waals surface area contributed by atoms with Crippen LogP contribution >= 0.6 is 11.6 Å². The van der Waals surface area contributed by atoms with Crippen LogP contribution in [0.3, 0.4) is 0 Å². The molecule has 0 amide bonds. The van der Waals surface area contributed by atoms with Crippen molar-refractivity contribution in [2.75, 3.05) is 28.7 Å². The topological polar surface area (TPSA) is 513 Å². The zero-order valence-electron chi connectivity index (χ0n) is 35.9. The van der Waals surface area contributed by atoms with Crippen molar-refractivity contribution in [3.05, 3.63) is 89.8 Å². The second-order valence-corrected chi connectivity index (χ2v) is 23.1. The van der Waals surface area contributed by atoms with Gasteiger partial charge in [-0.2, -0.15) is 57.2 Å². The molecular formula is C34H29ClN12NaO19S6. The van der Waals surface area contributed by atoms with Crippen LogP contribution in [-0.2, 0) is 64.9 Å². The van der Waals surface area contributed by atoms with Crippen molar-refractivity contribution >= 4 is 170 Å². The summed E-state index contributed by atoms with van der Waals surface area (Å²) in [6, 6.07) is 10.9. The molecule has 0 aliphatic carbocycles. The molecule has 6 rings (SSSR count). The summed E-state index contributed by atoms with van der Waals surface area (Å²) in [6.45, 7) is -0.889. The second kappa shape index (κ2) is 21.8. The number of hydrogen-bond donors (Lipinski definition) is 11. The fourth-order valence-corrected chi connectivity index (χ4v) is 10.2. The molecule has 5 aromatic carbocycles. The van der Waals surface area contributed by atoms with Gasteiger partial charge in [-0.3, -0.25) is 33.2 Å². The van der Waals surface area contributed by atoms with E-state index in [1.54, 1.807) is 0 Å². The van der Waals surface area contributed by atoms with Gasteiger partial charge in [0.05, 0.1) is 50.6 Å². The van der Waals surface area contributed by atoms with E-state index in [2.05, 4.69) is 55.2 Å². The summed E-state index contributed by atoms with van der Waals surface area (Å²) in [5.74, 6) is -1.12. The summed E-state index contributed by atoms with van der Waals surface area (Å²) in [5.41, 5.74) is 3.17. The van der Waals surface area contributed by atoms with E-state index in [0.717, 1.165) is 36.4 Å². The molecule has 0 unspecified atom stereocenters. The average molecular weight is 1160 g/mol. The third-order valence-corrected chi connectivity index (χ3v) is 14.7. The van der Waals surface area contributed by atoms with Crippen LogP contribution in [0.2, 0.25) is 5.28 Å². The van der Waals surface area contributed by atoms with E-state index in [4.69, 9.17) is 27.3 Å². The van der Waals surface area contributed by atoms with Crippen LogP contribution in [0.5, 0.6) is 0 Å². The first-order chi connectivity index (χ1) is 33.2. The first kappa shape index (κ1) is 57.9. The molecule has 1 heterocycles. The smallest absolute Gasteiger partial charge is 0.397 e. The molecule has 6 aromatic rings. The number of nitrogens with zero attached hydrogens (tertiary/aromatic N) is 7. The zero-order chi connectivity index (χ0) is 53.4. The van der Waals surface area contributed by atoms with Crippen LogP contribution in [0.25, 0.3) is 10.8 Å². The molecule has 0 spiro atoms. The molecule has 0 aliphatic heterocycles. The van der Waals surface area contributed by atoms with Gasteiger partial charge in [0.15, 0.2) is 9.84 Å². The van der Waals surface area contributed by atoms with Gasteiger partial charge in [0.25, 0.3) is 46.5 Å². The summed E-state index contributed by atoms with van der Waals surface area (Å²) in [5, 5.41) is 36.4. The van der Waals surface area contributed by atoms with Gasteiger partial charge in [0, 0.05) is 34.9 Å². The number of fused-ring (bicyclic) bond motifs is 1. The monoisotopic (exact) mass is 1160 g/mol. The number of aromatic nitrogens is 3. The van der Waals surface area contributed by atoms with Gasteiger partial charge in [-0.25, -0.2) is 17.6 Å². The number of sulfone groups is 1. The Morgan fingerprint density at radius 3 is 1.85 bits per heavy atom. The summed E-state index contributed by atoms with van der Waals surface area (Å²) in [7, 11) is -29.7. The number of nitrogen functional groups attached to an aromatic ring is 1. The molecule has 0 fully saturated rings. The van der Waals surface area contributed by atoms with Crippen molar-refractivity contribution < 1.29 is 82.6 Å². The summed E-state index contributed by atoms with van der Waals surface area (Å²) in [4.78, 5) is 10.5. The number of benzene rings is 5. The van der Waals surface area contributed by atoms with Crippen LogP contribution in [0.15, 0.2) is 129 Å². The first-order valence-electron chi connectivity index (χ1n) is 18.5. The van der Waals surface area contributed by atoms with Gasteiger partial charge in [-0.1, -0.05) is 0 Å². The molecule has 39 heteroatoms. The van der Waals surface area contributed by atoms with Crippen molar-refractivity contribution in [1.29, 1.82) is 5.41 Å². The number of H-pyrrole nitrogens is 1. The van der Waals surface area contributed by atoms with Crippen LogP contribution in [0, 0.1) is 5.41 Å². The maximum atomic E-state index is 12.6. The summed E-state index contributed by atoms with van der Waals surface area (Å²) in [6.07, 6.45) is 0. The number of azo groups is 2. The van der Waals surface area contributed by atoms with Crippen molar-refractivity contribution in [2.45, 2.75) is 24.5 Å². The van der Waals surface area contributed by atoms with E-state index in [0.29, 0.717) is 24.3 Å². The van der Waals surface area contributed by atoms with Gasteiger partial charge >= 0.3 is 10.4 Å². The first-order valence-corrected chi connectivity index (χ1v) is 27.7. The SMILES string of the molecule is N=C(O)Nc1cc(N=c2nc(Cl)nc(Nc3cc(N)c(S(=O)(=O)O)cc3N=Nc3ccc(S(=O)(=O)CCOS(=O)(=O)O)cc3)[nH]2)ccc1N=Nc1cc2c(S(=O)(=O)O)cc(S(=O)(=O)O)cc2cc1S(=O)(=O)O.[Na]. The number of aliphatic hydroxyl groups is 1. The molecule has 0 saturated heterocycles. The van der Waals surface area contributed by atoms with E-state index in [1.165, 1.54) is 18.2 Å². The second-order valence-electron chi connectivity index (χ2n) is 13.9. The van der Waals surface area contributed by atoms with Crippen molar-refractivity contribution in [3.8, 4) is 0 Å². The van der Waals surface area contributed by atoms with E-state index in [-0.39, 0.29) is 80.1 Å². The van der Waals surface area contributed by atoms with E-state index >= 15 is 0 Å². The number of hydrogen-bond acceptors (Lipinski definition) is 23. The Kier molecular flexibility index (Phi) is 17.3. The Hall–Kier alpha value is -6.01. The number of amidine groups is 1. The number of aliphatic hydroxyl groups excluding tert-OH is 1. The van der Waals surface area contributed by atoms with Crippen LogP contribution in [-0.4, -0.2) is 141 Å². The Balaban J connectivity index is 0.00000988. The molecular weight excluding hydrogens is 1130 g/mol. The van der Waals surface area contributed by atoms with E-state index in [1.807, 2.05) is 0 Å². The standard InChI is InChI=1S/C34H29ClN12O19S6.Na/c35-31-41-33(43-34(42-31)40-25-14-22(36)29(70(57,58)59)15-26(25)46-44-17-1-4-19(5-2-17)67(49,50)8-7-66-72(63,64)65)38-18-3-6-23(24(11-18)39-32(37)48)45-47-27-13-21-16(10-30(27)71(60,61)62)9-20(68(51,52)53)12-28(21)69(54,55)56;/h1-6,9-15H,7-8,36H2,(H3,37,39,48)(H,51,52,53)(H,54,55,56)(H,57,58,59)(H,60,61,62)(H,63,64,65)(H2,38,40,41,42,43);. The largest absolute Gasteiger partial charge is 0.481 e. The Labute approximate surface area is 438 Å². The maximum absolute atomic E-state index is 12.6. The van der Waals surface area contributed by atoms with Gasteiger partial charge < -0.3 is 21.5 Å². The van der Waals surface area contributed by atoms with Gasteiger partial charge in [0.1, 0.15) is 31.7 Å². The zero-order valence-corrected chi connectivity index (χ0v) is 43.6. The molecule has 73 heavy (non-hydrogen) atoms. The van der Waals surface area contributed by atoms with E-state index < -0.39 is 126 Å². The molecule has 0 bridgehead atoms. The number of nitrogens with two attached hydrogens (primary N) is 1. The average Bonchev–Trinajstić information content (AvgIpc) is 3.23. The Bertz CT molecular complexity index is 4080. The minimum Gasteiger partial charge on any atom is -0.481 e. The number of halogens is 1. The van der Waals surface area contributed by atoms with Crippen molar-refractivity contribution in [2.24, 2.45) is 25.4 Å². The van der Waals surface area contributed by atoms with Gasteiger partial charge in [-0.15, -0.1) is 15.3 Å². The Morgan fingerprint density at radius 1 is 0.658 bits per heavy atom. The molecule has 31 nitrogen and oxygen atoms in total. The molecule has 12 N–H and O–H groups in total. The van der Waals surface area contributed by atoms with Crippen molar-refractivity contribution in [3.63, 3.8) is 0 Å². The Morgan fingerprint density at radius 2 is 1.26 bits per heavy atom. The maximum Gasteiger partial charge on any atom is 0.397 e. The van der Waals surface area contributed by atoms with Gasteiger partial charge in [-0.05, 0) is 95.8 Å².